The Morgan fingerprint density at radius 3 is 2.43 bits per heavy atom. The third-order valence-corrected chi connectivity index (χ3v) is 4.03. The van der Waals surface area contributed by atoms with Gasteiger partial charge in [0, 0.05) is 19.5 Å². The fourth-order valence-electron chi connectivity index (χ4n) is 2.75. The van der Waals surface area contributed by atoms with Gasteiger partial charge < -0.3 is 10.0 Å². The Morgan fingerprint density at radius 1 is 1.33 bits per heavy atom. The molecule has 0 bridgehead atoms. The van der Waals surface area contributed by atoms with E-state index in [2.05, 4.69) is 11.5 Å². The Hall–Kier alpha value is -1.36. The highest BCUT2D eigenvalue weighted by Gasteiger charge is 2.22. The summed E-state index contributed by atoms with van der Waals surface area (Å²) in [5.41, 5.74) is 0.998. The molecule has 0 aliphatic carbocycles. The molecule has 0 radical (unpaired) electrons. The number of carboxylic acids is 1. The predicted octanol–water partition coefficient (Wildman–Crippen LogP) is 1.99. The van der Waals surface area contributed by atoms with Gasteiger partial charge in [-0.3, -0.25) is 14.5 Å². The molecule has 1 aliphatic heterocycles. The maximum absolute atomic E-state index is 12.2. The highest BCUT2D eigenvalue weighted by molar-refractivity contribution is 5.78. The van der Waals surface area contributed by atoms with Crippen molar-refractivity contribution in [1.29, 1.82) is 0 Å². The van der Waals surface area contributed by atoms with Gasteiger partial charge in [0.05, 0.1) is 6.54 Å². The van der Waals surface area contributed by atoms with E-state index in [4.69, 9.17) is 5.11 Å². The monoisotopic (exact) mass is 296 g/mol. The molecule has 120 valence electrons. The smallest absolute Gasteiger partial charge is 0.303 e. The van der Waals surface area contributed by atoms with Crippen LogP contribution in [0.15, 0.2) is 12.2 Å². The summed E-state index contributed by atoms with van der Waals surface area (Å²) in [6.07, 6.45) is 3.00. The first kappa shape index (κ1) is 17.7. The molecule has 0 aromatic rings. The quantitative estimate of drug-likeness (QED) is 0.696. The topological polar surface area (TPSA) is 60.9 Å². The van der Waals surface area contributed by atoms with Gasteiger partial charge in [0.25, 0.3) is 0 Å². The highest BCUT2D eigenvalue weighted by atomic mass is 16.4. The Kier molecular flexibility index (Phi) is 7.43. The maximum atomic E-state index is 12.2. The molecule has 0 saturated carbocycles. The lowest BCUT2D eigenvalue weighted by molar-refractivity contribution is -0.137. The number of nitrogens with zero attached hydrogens (tertiary/aromatic N) is 2. The van der Waals surface area contributed by atoms with Gasteiger partial charge in [-0.2, -0.15) is 0 Å². The van der Waals surface area contributed by atoms with E-state index in [1.165, 1.54) is 0 Å². The summed E-state index contributed by atoms with van der Waals surface area (Å²) in [6, 6.07) is 0. The van der Waals surface area contributed by atoms with E-state index >= 15 is 0 Å². The van der Waals surface area contributed by atoms with Crippen LogP contribution >= 0.6 is 0 Å². The van der Waals surface area contributed by atoms with Crippen molar-refractivity contribution in [2.45, 2.75) is 39.5 Å². The van der Waals surface area contributed by atoms with E-state index in [-0.39, 0.29) is 12.3 Å². The van der Waals surface area contributed by atoms with Crippen molar-refractivity contribution >= 4 is 11.9 Å². The number of amides is 1. The first-order valence-electron chi connectivity index (χ1n) is 7.78. The number of hydrogen-bond acceptors (Lipinski definition) is 3. The minimum atomic E-state index is -0.717. The Balaban J connectivity index is 2.32. The standard InChI is InChI=1S/C16H28N2O3/c1-4-18(11-13(2)3)15(19)12-17-9-7-14(8-10-17)5-6-16(20)21/h14H,2,4-12H2,1,3H3,(H,20,21). The minimum Gasteiger partial charge on any atom is -0.481 e. The zero-order chi connectivity index (χ0) is 15.8. The lowest BCUT2D eigenvalue weighted by Crippen LogP contribution is -2.43. The first-order valence-corrected chi connectivity index (χ1v) is 7.78. The van der Waals surface area contributed by atoms with E-state index in [1.54, 1.807) is 0 Å². The number of likely N-dealkylation sites (N-methyl/N-ethyl adjacent to an activating group) is 1. The second-order valence-electron chi connectivity index (χ2n) is 6.02. The van der Waals surface area contributed by atoms with Crippen LogP contribution < -0.4 is 0 Å². The molecule has 5 heteroatoms. The van der Waals surface area contributed by atoms with Gasteiger partial charge in [0.15, 0.2) is 0 Å². The third-order valence-electron chi connectivity index (χ3n) is 4.03. The van der Waals surface area contributed by atoms with Crippen molar-refractivity contribution in [3.63, 3.8) is 0 Å². The summed E-state index contributed by atoms with van der Waals surface area (Å²) < 4.78 is 0. The number of rotatable bonds is 8. The molecular formula is C16H28N2O3. The Morgan fingerprint density at radius 2 is 1.95 bits per heavy atom. The normalized spacial score (nSPS) is 16.7. The van der Waals surface area contributed by atoms with Crippen LogP contribution in [-0.2, 0) is 9.59 Å². The average molecular weight is 296 g/mol. The maximum Gasteiger partial charge on any atom is 0.303 e. The van der Waals surface area contributed by atoms with Crippen molar-refractivity contribution in [1.82, 2.24) is 9.80 Å². The molecule has 1 rings (SSSR count). The molecule has 1 N–H and O–H groups in total. The van der Waals surface area contributed by atoms with Crippen molar-refractivity contribution in [2.75, 3.05) is 32.7 Å². The van der Waals surface area contributed by atoms with Crippen molar-refractivity contribution in [2.24, 2.45) is 5.92 Å². The largest absolute Gasteiger partial charge is 0.481 e. The lowest BCUT2D eigenvalue weighted by Gasteiger charge is -2.33. The number of likely N-dealkylation sites (tertiary alicyclic amines) is 1. The molecular weight excluding hydrogens is 268 g/mol. The van der Waals surface area contributed by atoms with Gasteiger partial charge in [-0.05, 0) is 52.1 Å². The lowest BCUT2D eigenvalue weighted by atomic mass is 9.92. The number of carbonyl (C=O) groups excluding carboxylic acids is 1. The van der Waals surface area contributed by atoms with Crippen molar-refractivity contribution in [3.05, 3.63) is 12.2 Å². The molecule has 0 aromatic carbocycles. The zero-order valence-electron chi connectivity index (χ0n) is 13.3. The summed E-state index contributed by atoms with van der Waals surface area (Å²) in [5.74, 6) is -0.0689. The van der Waals surface area contributed by atoms with Gasteiger partial charge in [-0.1, -0.05) is 12.2 Å². The number of aliphatic carboxylic acids is 1. The summed E-state index contributed by atoms with van der Waals surface area (Å²) >= 11 is 0. The van der Waals surface area contributed by atoms with E-state index < -0.39 is 5.97 Å². The average Bonchev–Trinajstić information content (AvgIpc) is 2.43. The summed E-state index contributed by atoms with van der Waals surface area (Å²) in [5, 5.41) is 8.71. The molecule has 5 nitrogen and oxygen atoms in total. The molecule has 0 spiro atoms. The van der Waals surface area contributed by atoms with Gasteiger partial charge in [0.1, 0.15) is 0 Å². The number of carboxylic acid groups (broad SMARTS) is 1. The summed E-state index contributed by atoms with van der Waals surface area (Å²) in [6.45, 7) is 11.4. The summed E-state index contributed by atoms with van der Waals surface area (Å²) in [4.78, 5) is 26.8. The zero-order valence-corrected chi connectivity index (χ0v) is 13.3. The second-order valence-corrected chi connectivity index (χ2v) is 6.02. The van der Waals surface area contributed by atoms with Gasteiger partial charge >= 0.3 is 5.97 Å². The fourth-order valence-corrected chi connectivity index (χ4v) is 2.75. The first-order chi connectivity index (χ1) is 9.92. The fraction of sp³-hybridized carbons (Fsp3) is 0.750. The molecule has 21 heavy (non-hydrogen) atoms. The molecule has 1 saturated heterocycles. The van der Waals surface area contributed by atoms with Gasteiger partial charge in [-0.15, -0.1) is 0 Å². The second kappa shape index (κ2) is 8.82. The highest BCUT2D eigenvalue weighted by Crippen LogP contribution is 2.21. The minimum absolute atomic E-state index is 0.157. The Labute approximate surface area is 127 Å². The predicted molar refractivity (Wildman–Crippen MR) is 83.1 cm³/mol. The number of carbonyl (C=O) groups is 2. The van der Waals surface area contributed by atoms with Crippen LogP contribution in [0.4, 0.5) is 0 Å². The van der Waals surface area contributed by atoms with E-state index in [1.807, 2.05) is 18.7 Å². The SMILES string of the molecule is C=C(C)CN(CC)C(=O)CN1CCC(CCC(=O)O)CC1. The van der Waals surface area contributed by atoms with Crippen LogP contribution in [0.1, 0.15) is 39.5 Å². The van der Waals surface area contributed by atoms with Crippen LogP contribution in [0.5, 0.6) is 0 Å². The van der Waals surface area contributed by atoms with Crippen LogP contribution in [0.2, 0.25) is 0 Å². The molecule has 1 aliphatic rings. The molecule has 1 amide bonds. The van der Waals surface area contributed by atoms with Crippen molar-refractivity contribution < 1.29 is 14.7 Å². The van der Waals surface area contributed by atoms with E-state index in [9.17, 15) is 9.59 Å². The van der Waals surface area contributed by atoms with Crippen LogP contribution in [0.3, 0.4) is 0 Å². The van der Waals surface area contributed by atoms with E-state index in [0.717, 1.165) is 37.9 Å². The van der Waals surface area contributed by atoms with Gasteiger partial charge in [-0.25, -0.2) is 0 Å². The molecule has 0 aromatic heterocycles. The Bertz CT molecular complexity index is 374. The van der Waals surface area contributed by atoms with Crippen LogP contribution in [0, 0.1) is 5.92 Å². The van der Waals surface area contributed by atoms with Crippen molar-refractivity contribution in [3.8, 4) is 0 Å². The molecule has 1 fully saturated rings. The van der Waals surface area contributed by atoms with Gasteiger partial charge in [0.2, 0.25) is 5.91 Å². The molecule has 0 atom stereocenters. The summed E-state index contributed by atoms with van der Waals surface area (Å²) in [7, 11) is 0. The van der Waals surface area contributed by atoms with Crippen LogP contribution in [-0.4, -0.2) is 59.5 Å². The number of hydrogen-bond donors (Lipinski definition) is 1. The van der Waals surface area contributed by atoms with E-state index in [0.29, 0.717) is 25.6 Å². The third kappa shape index (κ3) is 6.76. The van der Waals surface area contributed by atoms with Crippen LogP contribution in [0.25, 0.3) is 0 Å². The molecule has 1 heterocycles. The molecule has 0 unspecified atom stereocenters. The number of piperidine rings is 1.